The summed E-state index contributed by atoms with van der Waals surface area (Å²) in [6.45, 7) is 4.00. The molecule has 0 fully saturated rings. The second-order valence-electron chi connectivity index (χ2n) is 2.59. The molecule has 0 aliphatic rings. The van der Waals surface area contributed by atoms with Crippen LogP contribution in [0.15, 0.2) is 0 Å². The SMILES string of the molecule is CCCCC(CC)C(=O)O.[O]=[Al]. The predicted molar refractivity (Wildman–Crippen MR) is 47.4 cm³/mol. The van der Waals surface area contributed by atoms with Crippen molar-refractivity contribution in [2.24, 2.45) is 5.92 Å². The molecule has 3 nitrogen and oxygen atoms in total. The second-order valence-corrected chi connectivity index (χ2v) is 2.59. The van der Waals surface area contributed by atoms with Crippen molar-refractivity contribution in [3.8, 4) is 0 Å². The van der Waals surface area contributed by atoms with Crippen LogP contribution in [0.2, 0.25) is 0 Å². The molecular formula is C8H16AlO3. The van der Waals surface area contributed by atoms with Gasteiger partial charge in [-0.05, 0) is 12.8 Å². The Morgan fingerprint density at radius 3 is 2.17 bits per heavy atom. The zero-order chi connectivity index (χ0) is 9.98. The van der Waals surface area contributed by atoms with Crippen LogP contribution in [0.25, 0.3) is 0 Å². The normalized spacial score (nSPS) is 11.1. The van der Waals surface area contributed by atoms with Crippen molar-refractivity contribution in [1.29, 1.82) is 0 Å². The summed E-state index contributed by atoms with van der Waals surface area (Å²) in [5.74, 6) is -0.754. The molecule has 0 saturated heterocycles. The molecule has 0 aromatic rings. The molecule has 69 valence electrons. The molecule has 0 amide bonds. The molecule has 0 aliphatic carbocycles. The minimum atomic E-state index is -0.643. The van der Waals surface area contributed by atoms with E-state index in [9.17, 15) is 4.79 Å². The summed E-state index contributed by atoms with van der Waals surface area (Å²) in [4.78, 5) is 10.4. The van der Waals surface area contributed by atoms with E-state index < -0.39 is 5.97 Å². The Labute approximate surface area is 81.8 Å². The van der Waals surface area contributed by atoms with Gasteiger partial charge in [0.25, 0.3) is 0 Å². The Morgan fingerprint density at radius 2 is 1.92 bits per heavy atom. The average molecular weight is 187 g/mol. The van der Waals surface area contributed by atoms with E-state index in [4.69, 9.17) is 8.91 Å². The van der Waals surface area contributed by atoms with E-state index in [1.54, 1.807) is 0 Å². The molecular weight excluding hydrogens is 171 g/mol. The molecule has 0 aromatic heterocycles. The van der Waals surface area contributed by atoms with Gasteiger partial charge in [-0.2, -0.15) is 0 Å². The maximum absolute atomic E-state index is 10.4. The van der Waals surface area contributed by atoms with Gasteiger partial charge in [0.15, 0.2) is 0 Å². The molecule has 0 bridgehead atoms. The van der Waals surface area contributed by atoms with Gasteiger partial charge in [-0.1, -0.05) is 26.7 Å². The number of carboxylic acids is 1. The van der Waals surface area contributed by atoms with Crippen LogP contribution in [-0.2, 0) is 8.60 Å². The number of carbonyl (C=O) groups is 1. The number of hydrogen-bond acceptors (Lipinski definition) is 2. The molecule has 0 spiro atoms. The van der Waals surface area contributed by atoms with Crippen LogP contribution in [0.1, 0.15) is 39.5 Å². The number of unbranched alkanes of at least 4 members (excludes halogenated alkanes) is 1. The molecule has 1 atom stereocenters. The van der Waals surface area contributed by atoms with Crippen LogP contribution >= 0.6 is 0 Å². The number of aliphatic carboxylic acids is 1. The Hall–Kier alpha value is -0.198. The number of rotatable bonds is 5. The van der Waals surface area contributed by atoms with Gasteiger partial charge < -0.3 is 5.11 Å². The van der Waals surface area contributed by atoms with Crippen LogP contribution in [-0.4, -0.2) is 27.3 Å². The summed E-state index contributed by atoms with van der Waals surface area (Å²) in [5, 5.41) is 8.60. The van der Waals surface area contributed by atoms with E-state index in [2.05, 4.69) is 6.92 Å². The van der Waals surface area contributed by atoms with E-state index in [1.165, 1.54) is 16.2 Å². The molecule has 1 radical (unpaired) electrons. The van der Waals surface area contributed by atoms with Gasteiger partial charge in [-0.3, -0.25) is 4.79 Å². The van der Waals surface area contributed by atoms with E-state index in [-0.39, 0.29) is 5.92 Å². The van der Waals surface area contributed by atoms with E-state index in [1.807, 2.05) is 6.92 Å². The summed E-state index contributed by atoms with van der Waals surface area (Å²) in [6, 6.07) is 0. The molecule has 0 rings (SSSR count). The summed E-state index contributed by atoms with van der Waals surface area (Å²) < 4.78 is 8.17. The van der Waals surface area contributed by atoms with Gasteiger partial charge in [0.2, 0.25) is 0 Å². The van der Waals surface area contributed by atoms with Crippen molar-refractivity contribution in [1.82, 2.24) is 0 Å². The van der Waals surface area contributed by atoms with Gasteiger partial charge >= 0.3 is 26.0 Å². The van der Waals surface area contributed by atoms with Crippen molar-refractivity contribution in [2.75, 3.05) is 0 Å². The van der Waals surface area contributed by atoms with Crippen LogP contribution in [0, 0.1) is 5.92 Å². The van der Waals surface area contributed by atoms with Crippen molar-refractivity contribution >= 4 is 22.2 Å². The Bertz CT molecular complexity index is 117. The standard InChI is InChI=1S/C8H16O2.Al.O/c1-3-5-6-7(4-2)8(9)10;;/h7H,3-6H2,1-2H3,(H,9,10);;. The third-order valence-electron chi connectivity index (χ3n) is 1.75. The first-order valence-electron chi connectivity index (χ1n) is 4.18. The Kier molecular flexibility index (Phi) is 12.9. The molecule has 0 saturated carbocycles. The zero-order valence-corrected chi connectivity index (χ0v) is 8.90. The van der Waals surface area contributed by atoms with Crippen molar-refractivity contribution < 1.29 is 13.7 Å². The third kappa shape index (κ3) is 7.90. The zero-order valence-electron chi connectivity index (χ0n) is 7.75. The molecule has 0 aromatic carbocycles. The molecule has 1 N–H and O–H groups in total. The van der Waals surface area contributed by atoms with E-state index >= 15 is 0 Å². The predicted octanol–water partition coefficient (Wildman–Crippen LogP) is 1.79. The van der Waals surface area contributed by atoms with E-state index in [0.717, 1.165) is 25.7 Å². The molecule has 0 heterocycles. The minimum absolute atomic E-state index is 0.111. The molecule has 12 heavy (non-hydrogen) atoms. The second kappa shape index (κ2) is 10.8. The van der Waals surface area contributed by atoms with Crippen molar-refractivity contribution in [3.63, 3.8) is 0 Å². The van der Waals surface area contributed by atoms with Gasteiger partial charge in [0.1, 0.15) is 0 Å². The van der Waals surface area contributed by atoms with E-state index in [0.29, 0.717) is 0 Å². The van der Waals surface area contributed by atoms with Crippen molar-refractivity contribution in [2.45, 2.75) is 39.5 Å². The quantitative estimate of drug-likeness (QED) is 0.667. The molecule has 1 unspecified atom stereocenters. The Balaban J connectivity index is 0. The monoisotopic (exact) mass is 187 g/mol. The van der Waals surface area contributed by atoms with Gasteiger partial charge in [-0.15, -0.1) is 0 Å². The van der Waals surface area contributed by atoms with Crippen LogP contribution in [0.4, 0.5) is 0 Å². The fraction of sp³-hybridized carbons (Fsp3) is 0.875. The summed E-state index contributed by atoms with van der Waals surface area (Å²) in [5.41, 5.74) is 0. The average Bonchev–Trinajstić information content (AvgIpc) is 2.09. The summed E-state index contributed by atoms with van der Waals surface area (Å²) in [7, 11) is 0. The first kappa shape index (κ1) is 14.3. The fourth-order valence-corrected chi connectivity index (χ4v) is 0.953. The van der Waals surface area contributed by atoms with Crippen LogP contribution in [0.5, 0.6) is 0 Å². The summed E-state index contributed by atoms with van der Waals surface area (Å²) >= 11 is 1.17. The first-order valence-corrected chi connectivity index (χ1v) is 4.65. The Morgan fingerprint density at radius 1 is 1.42 bits per heavy atom. The summed E-state index contributed by atoms with van der Waals surface area (Å²) in [6.07, 6.45) is 3.71. The number of carboxylic acid groups (broad SMARTS) is 1. The van der Waals surface area contributed by atoms with Crippen LogP contribution < -0.4 is 0 Å². The number of hydrogen-bond donors (Lipinski definition) is 1. The van der Waals surface area contributed by atoms with Crippen molar-refractivity contribution in [3.05, 3.63) is 0 Å². The molecule has 4 heteroatoms. The van der Waals surface area contributed by atoms with Crippen LogP contribution in [0.3, 0.4) is 0 Å². The molecule has 0 aliphatic heterocycles. The van der Waals surface area contributed by atoms with Gasteiger partial charge in [-0.25, -0.2) is 0 Å². The fourth-order valence-electron chi connectivity index (χ4n) is 0.953. The maximum atomic E-state index is 10.4. The third-order valence-corrected chi connectivity index (χ3v) is 1.75. The van der Waals surface area contributed by atoms with Gasteiger partial charge in [0, 0.05) is 0 Å². The first-order chi connectivity index (χ1) is 5.72. The van der Waals surface area contributed by atoms with Gasteiger partial charge in [0.05, 0.1) is 5.92 Å². The topological polar surface area (TPSA) is 54.4 Å².